The Morgan fingerprint density at radius 2 is 1.32 bits per heavy atom. The van der Waals surface area contributed by atoms with Crippen LogP contribution in [0.1, 0.15) is 140 Å². The second kappa shape index (κ2) is 17.7. The summed E-state index contributed by atoms with van der Waals surface area (Å²) < 4.78 is 208. The van der Waals surface area contributed by atoms with Crippen molar-refractivity contribution in [3.63, 3.8) is 0 Å². The van der Waals surface area contributed by atoms with E-state index in [-0.39, 0.29) is 49.4 Å². The molecule has 2 aliphatic rings. The summed E-state index contributed by atoms with van der Waals surface area (Å²) in [6.07, 6.45) is -7.58. The summed E-state index contributed by atoms with van der Waals surface area (Å²) in [6.45, 7) is -5.50. The van der Waals surface area contributed by atoms with Gasteiger partial charge in [0, 0.05) is 98.5 Å². The second-order valence-electron chi connectivity index (χ2n) is 19.9. The molecule has 2 aromatic heterocycles. The van der Waals surface area contributed by atoms with Gasteiger partial charge in [0.15, 0.2) is 0 Å². The number of aromatic nitrogens is 2. The average molecular weight is 1130 g/mol. The molecule has 0 saturated heterocycles. The fourth-order valence-corrected chi connectivity index (χ4v) is 9.25. The van der Waals surface area contributed by atoms with Crippen LogP contribution in [-0.2, 0) is 42.7 Å². The van der Waals surface area contributed by atoms with E-state index >= 15 is 0 Å². The number of hydrogen-bond donors (Lipinski definition) is 0. The van der Waals surface area contributed by atoms with E-state index < -0.39 is 103 Å². The van der Waals surface area contributed by atoms with Crippen LogP contribution in [-0.4, -0.2) is 9.55 Å². The quantitative estimate of drug-likeness (QED) is 0.149. The van der Waals surface area contributed by atoms with Gasteiger partial charge in [0.05, 0.1) is 4.11 Å². The van der Waals surface area contributed by atoms with Crippen molar-refractivity contribution in [1.82, 2.24) is 9.55 Å². The molecule has 5 nitrogen and oxygen atoms in total. The SMILES string of the molecule is [2H]c1c([2H])c2c(c([2H])c1-c1cccc(-c3cc(C(C)(C)C)cc(C(C)(C)C)c3)c1N1[CH-]N(c3[c-]c(Oc4[c-]c5c(cc4)c4ccccc4n5-c4cc(C([2H])([2H])[2H])ccn4)ccc3)c3ccccc31)C(C([2H])([2H])[2H])(C([2H])([2H])[2H])C([2H])([2H])C([2H])([2H])C2(C([2H])([2H])[2H])C([2H])([2H])[2H].[Pt]. The molecule has 11 rings (SSSR count). The molecule has 1 aliphatic carbocycles. The minimum absolute atomic E-state index is 0. The third-order valence-corrected chi connectivity index (χ3v) is 12.9. The molecule has 0 atom stereocenters. The number of para-hydroxylation sites is 4. The summed E-state index contributed by atoms with van der Waals surface area (Å²) in [5.41, 5.74) is -7.93. The Labute approximate surface area is 466 Å². The number of aryl methyl sites for hydroxylation is 1. The predicted molar refractivity (Wildman–Crippen MR) is 293 cm³/mol. The van der Waals surface area contributed by atoms with Crippen LogP contribution in [0.3, 0.4) is 0 Å². The maximum absolute atomic E-state index is 10.3. The van der Waals surface area contributed by atoms with Crippen LogP contribution in [0.15, 0.2) is 152 Å². The molecule has 7 aromatic carbocycles. The molecule has 1 aliphatic heterocycles. The number of rotatable bonds is 7. The van der Waals surface area contributed by atoms with Gasteiger partial charge in [0.2, 0.25) is 0 Å². The minimum Gasteiger partial charge on any atom is -0.509 e. The van der Waals surface area contributed by atoms with Gasteiger partial charge in [-0.2, -0.15) is 12.1 Å². The Hall–Kier alpha value is -6.42. The largest absolute Gasteiger partial charge is 0.509 e. The fourth-order valence-electron chi connectivity index (χ4n) is 9.25. The molecule has 0 unspecified atom stereocenters. The normalized spacial score (nSPS) is 22.0. The van der Waals surface area contributed by atoms with Crippen molar-refractivity contribution in [3.05, 3.63) is 198 Å². The Balaban J connectivity index is 0.00000946. The topological polar surface area (TPSA) is 33.5 Å². The molecule has 362 valence electrons. The minimum atomic E-state index is -4.52. The molecule has 9 aromatic rings. The molecular weight excluding hydrogens is 1050 g/mol. The summed E-state index contributed by atoms with van der Waals surface area (Å²) in [5, 5.41) is 1.64. The first kappa shape index (κ1) is 28.6. The number of ether oxygens (including phenoxy) is 1. The second-order valence-corrected chi connectivity index (χ2v) is 19.9. The third kappa shape index (κ3) is 8.69. The number of benzene rings is 7. The van der Waals surface area contributed by atoms with Gasteiger partial charge in [-0.3, -0.25) is 0 Å². The van der Waals surface area contributed by atoms with E-state index in [1.54, 1.807) is 77.1 Å². The molecule has 0 fully saturated rings. The summed E-state index contributed by atoms with van der Waals surface area (Å²) >= 11 is 0. The monoisotopic (exact) mass is 1130 g/mol. The smallest absolute Gasteiger partial charge is 0.135 e. The van der Waals surface area contributed by atoms with Crippen molar-refractivity contribution in [2.75, 3.05) is 9.80 Å². The Kier molecular flexibility index (Phi) is 7.13. The average Bonchev–Trinajstić information content (AvgIpc) is 1.01. The Morgan fingerprint density at radius 1 is 0.662 bits per heavy atom. The molecule has 0 spiro atoms. The van der Waals surface area contributed by atoms with Crippen molar-refractivity contribution in [2.24, 2.45) is 0 Å². The van der Waals surface area contributed by atoms with Crippen LogP contribution in [0.25, 0.3) is 49.9 Å². The van der Waals surface area contributed by atoms with Gasteiger partial charge in [-0.15, -0.1) is 48.1 Å². The van der Waals surface area contributed by atoms with Crippen LogP contribution in [0.2, 0.25) is 0 Å². The molecule has 0 N–H and O–H groups in total. The molecule has 6 heteroatoms. The first-order valence-corrected chi connectivity index (χ1v) is 23.0. The standard InChI is InChI=1S/C65H63N4O.Pt/c1-42-30-33-66-60(34-42)69-56-23-13-12-20-52(56)53-28-27-49(40-59(53)69)70-48-19-16-18-47(39-48)67-41-68(58-25-15-14-24-57(58)67)61-50(43-26-29-54-55(37-43)65(10,11)32-31-64(54,8)9)21-17-22-51(61)44-35-45(62(2,3)4)38-46(36-44)63(5,6)7;/h12-30,33-38,41H,31-32H2,1-11H3;/q-3;/i1D3,8D3,9D3,10D3,11D3,26D,29D,31D2,32D2,37D;. The molecule has 0 amide bonds. The number of nitrogens with zero attached hydrogens (tertiary/aromatic N) is 4. The summed E-state index contributed by atoms with van der Waals surface area (Å²) in [7, 11) is 0. The van der Waals surface area contributed by atoms with E-state index in [0.717, 1.165) is 27.4 Å². The summed E-state index contributed by atoms with van der Waals surface area (Å²) in [6, 6.07) is 40.0. The predicted octanol–water partition coefficient (Wildman–Crippen LogP) is 17.6. The molecule has 71 heavy (non-hydrogen) atoms. The third-order valence-electron chi connectivity index (χ3n) is 12.9. The van der Waals surface area contributed by atoms with Crippen LogP contribution in [0, 0.1) is 25.7 Å². The zero-order valence-corrected chi connectivity index (χ0v) is 42.1. The summed E-state index contributed by atoms with van der Waals surface area (Å²) in [5.74, 6) is 0.830. The van der Waals surface area contributed by atoms with Crippen LogP contribution in [0.4, 0.5) is 22.7 Å². The molecular formula is C65H63N4OPt-3. The first-order chi connectivity index (χ1) is 42.4. The van der Waals surface area contributed by atoms with Crippen molar-refractivity contribution >= 4 is 44.6 Å². The van der Waals surface area contributed by atoms with Crippen LogP contribution >= 0.6 is 0 Å². The van der Waals surface area contributed by atoms with Crippen LogP contribution in [0.5, 0.6) is 11.5 Å². The summed E-state index contributed by atoms with van der Waals surface area (Å²) in [4.78, 5) is 8.04. The fraction of sp³-hybridized carbons (Fsp3) is 0.262. The van der Waals surface area contributed by atoms with Crippen molar-refractivity contribution in [1.29, 1.82) is 0 Å². The van der Waals surface area contributed by atoms with Crippen molar-refractivity contribution in [3.8, 4) is 39.6 Å². The van der Waals surface area contributed by atoms with E-state index in [4.69, 9.17) is 25.3 Å². The van der Waals surface area contributed by atoms with Gasteiger partial charge in [-0.25, -0.2) is 4.98 Å². The van der Waals surface area contributed by atoms with Gasteiger partial charge >= 0.3 is 0 Å². The van der Waals surface area contributed by atoms with Gasteiger partial charge in [0.1, 0.15) is 5.82 Å². The van der Waals surface area contributed by atoms with E-state index in [1.807, 2.05) is 88.6 Å². The number of anilines is 4. The first-order valence-electron chi connectivity index (χ1n) is 34.0. The zero-order valence-electron chi connectivity index (χ0n) is 61.8. The van der Waals surface area contributed by atoms with Crippen LogP contribution < -0.4 is 14.5 Å². The van der Waals surface area contributed by atoms with Crippen molar-refractivity contribution < 1.29 is 56.0 Å². The van der Waals surface area contributed by atoms with E-state index in [1.165, 1.54) is 24.4 Å². The maximum atomic E-state index is 10.3. The van der Waals surface area contributed by atoms with E-state index in [0.29, 0.717) is 39.5 Å². The van der Waals surface area contributed by atoms with Gasteiger partial charge in [-0.1, -0.05) is 159 Å². The number of pyridine rings is 1. The maximum Gasteiger partial charge on any atom is 0.135 e. The van der Waals surface area contributed by atoms with Gasteiger partial charge < -0.3 is 19.1 Å². The molecule has 0 radical (unpaired) electrons. The van der Waals surface area contributed by atoms with Crippen molar-refractivity contribution in [2.45, 2.75) is 110 Å². The van der Waals surface area contributed by atoms with Gasteiger partial charge in [0.25, 0.3) is 0 Å². The zero-order chi connectivity index (χ0) is 67.6. The Bertz CT molecular complexity index is 4390. The van der Waals surface area contributed by atoms with E-state index in [9.17, 15) is 9.60 Å². The molecule has 0 saturated carbocycles. The molecule has 3 heterocycles. The number of hydrogen-bond acceptors (Lipinski definition) is 4. The van der Waals surface area contributed by atoms with Gasteiger partial charge in [-0.05, 0) is 116 Å². The molecule has 0 bridgehead atoms. The number of fused-ring (bicyclic) bond motifs is 5. The van der Waals surface area contributed by atoms with E-state index in [2.05, 4.69) is 23.2 Å². The Morgan fingerprint density at radius 3 is 2.04 bits per heavy atom.